The van der Waals surface area contributed by atoms with Crippen LogP contribution in [0.5, 0.6) is 0 Å². The van der Waals surface area contributed by atoms with Crippen LogP contribution < -0.4 is 5.32 Å². The van der Waals surface area contributed by atoms with Crippen molar-refractivity contribution in [3.63, 3.8) is 0 Å². The molecule has 3 amide bonds. The van der Waals surface area contributed by atoms with Gasteiger partial charge in [0.15, 0.2) is 0 Å². The largest absolute Gasteiger partial charge is 0.338 e. The molecule has 2 aliphatic heterocycles. The van der Waals surface area contributed by atoms with Crippen molar-refractivity contribution in [3.8, 4) is 0 Å². The number of unbranched alkanes of at least 4 members (excludes halogenated alkanes) is 1. The third-order valence-electron chi connectivity index (χ3n) is 5.36. The summed E-state index contributed by atoms with van der Waals surface area (Å²) < 4.78 is 0. The first-order chi connectivity index (χ1) is 12.6. The Morgan fingerprint density at radius 1 is 1.15 bits per heavy atom. The van der Waals surface area contributed by atoms with Crippen molar-refractivity contribution in [3.05, 3.63) is 35.4 Å². The molecular formula is C20H29N3O2S. The summed E-state index contributed by atoms with van der Waals surface area (Å²) in [6.45, 7) is 7.10. The normalized spacial score (nSPS) is 19.0. The lowest BCUT2D eigenvalue weighted by atomic mass is 10.0. The number of carbonyl (C=O) groups excluding carboxylic acids is 2. The standard InChI is InChI=1S/C20H29N3O2S/c1-3-4-11-21-19(25)22-12-9-20(10-13-22)23(14-15-26-20)18(24)17-7-5-16(2)6-8-17/h5-8H,3-4,9-15H2,1-2H3,(H,21,25). The number of urea groups is 1. The summed E-state index contributed by atoms with van der Waals surface area (Å²) in [6.07, 6.45) is 3.78. The van der Waals surface area contributed by atoms with Gasteiger partial charge in [0.1, 0.15) is 0 Å². The molecule has 0 unspecified atom stereocenters. The van der Waals surface area contributed by atoms with Gasteiger partial charge >= 0.3 is 6.03 Å². The predicted molar refractivity (Wildman–Crippen MR) is 107 cm³/mol. The van der Waals surface area contributed by atoms with Gasteiger partial charge in [0.05, 0.1) is 4.87 Å². The second kappa shape index (κ2) is 8.33. The number of piperidine rings is 1. The average Bonchev–Trinajstić information content (AvgIpc) is 3.05. The molecule has 26 heavy (non-hydrogen) atoms. The zero-order chi connectivity index (χ0) is 18.6. The average molecular weight is 376 g/mol. The molecule has 0 aromatic heterocycles. The minimum Gasteiger partial charge on any atom is -0.338 e. The number of amides is 3. The number of aryl methyl sites for hydroxylation is 1. The fourth-order valence-corrected chi connectivity index (χ4v) is 5.16. The van der Waals surface area contributed by atoms with Crippen LogP contribution in [-0.2, 0) is 0 Å². The molecule has 1 aromatic carbocycles. The Kier molecular flexibility index (Phi) is 6.12. The number of hydrogen-bond acceptors (Lipinski definition) is 3. The summed E-state index contributed by atoms with van der Waals surface area (Å²) in [7, 11) is 0. The van der Waals surface area contributed by atoms with E-state index in [0.29, 0.717) is 13.1 Å². The van der Waals surface area contributed by atoms with E-state index in [0.717, 1.165) is 55.7 Å². The highest BCUT2D eigenvalue weighted by atomic mass is 32.2. The second-order valence-corrected chi connectivity index (χ2v) is 8.65. The summed E-state index contributed by atoms with van der Waals surface area (Å²) in [6, 6.07) is 7.86. The van der Waals surface area contributed by atoms with Gasteiger partial charge in [-0.15, -0.1) is 11.8 Å². The third-order valence-corrected chi connectivity index (χ3v) is 6.91. The molecule has 0 saturated carbocycles. The van der Waals surface area contributed by atoms with E-state index in [2.05, 4.69) is 17.1 Å². The number of carbonyl (C=O) groups is 2. The molecule has 0 atom stereocenters. The topological polar surface area (TPSA) is 52.7 Å². The molecular weight excluding hydrogens is 346 g/mol. The Labute approximate surface area is 160 Å². The van der Waals surface area contributed by atoms with Gasteiger partial charge in [0.2, 0.25) is 0 Å². The van der Waals surface area contributed by atoms with Crippen molar-refractivity contribution < 1.29 is 9.59 Å². The molecule has 5 nitrogen and oxygen atoms in total. The maximum absolute atomic E-state index is 13.0. The van der Waals surface area contributed by atoms with Crippen LogP contribution in [-0.4, -0.2) is 58.5 Å². The number of thioether (sulfide) groups is 1. The van der Waals surface area contributed by atoms with E-state index in [-0.39, 0.29) is 16.8 Å². The Morgan fingerprint density at radius 3 is 2.50 bits per heavy atom. The lowest BCUT2D eigenvalue weighted by Crippen LogP contribution is -2.55. The van der Waals surface area contributed by atoms with Crippen molar-refractivity contribution in [2.45, 2.75) is 44.4 Å². The minimum absolute atomic E-state index is 0.0349. The maximum atomic E-state index is 13.0. The fourth-order valence-electron chi connectivity index (χ4n) is 3.70. The number of benzene rings is 1. The molecule has 2 aliphatic rings. The zero-order valence-corrected chi connectivity index (χ0v) is 16.6. The molecule has 6 heteroatoms. The van der Waals surface area contributed by atoms with E-state index in [1.165, 1.54) is 0 Å². The van der Waals surface area contributed by atoms with Gasteiger partial charge in [-0.2, -0.15) is 0 Å². The van der Waals surface area contributed by atoms with Crippen LogP contribution >= 0.6 is 11.8 Å². The van der Waals surface area contributed by atoms with Crippen LogP contribution in [0.1, 0.15) is 48.5 Å². The van der Waals surface area contributed by atoms with Gasteiger partial charge in [0, 0.05) is 37.5 Å². The highest BCUT2D eigenvalue weighted by Gasteiger charge is 2.47. The van der Waals surface area contributed by atoms with Gasteiger partial charge in [0.25, 0.3) is 5.91 Å². The molecule has 0 bridgehead atoms. The highest BCUT2D eigenvalue weighted by Crippen LogP contribution is 2.44. The smallest absolute Gasteiger partial charge is 0.317 e. The molecule has 0 aliphatic carbocycles. The number of nitrogens with one attached hydrogen (secondary N) is 1. The monoisotopic (exact) mass is 375 g/mol. The lowest BCUT2D eigenvalue weighted by Gasteiger charge is -2.44. The molecule has 0 radical (unpaired) electrons. The number of likely N-dealkylation sites (tertiary alicyclic amines) is 1. The van der Waals surface area contributed by atoms with Crippen molar-refractivity contribution in [2.75, 3.05) is 31.9 Å². The van der Waals surface area contributed by atoms with E-state index >= 15 is 0 Å². The first-order valence-electron chi connectivity index (χ1n) is 9.61. The van der Waals surface area contributed by atoms with E-state index in [9.17, 15) is 9.59 Å². The quantitative estimate of drug-likeness (QED) is 0.820. The number of nitrogens with zero attached hydrogens (tertiary/aromatic N) is 2. The molecule has 142 valence electrons. The Balaban J connectivity index is 1.62. The summed E-state index contributed by atoms with van der Waals surface area (Å²) in [5.41, 5.74) is 1.92. The molecule has 2 saturated heterocycles. The summed E-state index contributed by atoms with van der Waals surface area (Å²) in [4.78, 5) is 29.1. The van der Waals surface area contributed by atoms with Crippen molar-refractivity contribution in [2.24, 2.45) is 0 Å². The van der Waals surface area contributed by atoms with Gasteiger partial charge in [-0.25, -0.2) is 4.79 Å². The van der Waals surface area contributed by atoms with Crippen LogP contribution in [0, 0.1) is 6.92 Å². The van der Waals surface area contributed by atoms with Crippen molar-refractivity contribution >= 4 is 23.7 Å². The second-order valence-electron chi connectivity index (χ2n) is 7.19. The third kappa shape index (κ3) is 4.00. The highest BCUT2D eigenvalue weighted by molar-refractivity contribution is 8.00. The molecule has 2 fully saturated rings. The van der Waals surface area contributed by atoms with Crippen LogP contribution in [0.2, 0.25) is 0 Å². The minimum atomic E-state index is -0.151. The predicted octanol–water partition coefficient (Wildman–Crippen LogP) is 3.49. The van der Waals surface area contributed by atoms with E-state index in [1.54, 1.807) is 0 Å². The Morgan fingerprint density at radius 2 is 1.85 bits per heavy atom. The molecule has 3 rings (SSSR count). The Bertz CT molecular complexity index is 639. The van der Waals surface area contributed by atoms with E-state index in [4.69, 9.17) is 0 Å². The van der Waals surface area contributed by atoms with Gasteiger partial charge < -0.3 is 15.1 Å². The van der Waals surface area contributed by atoms with Crippen molar-refractivity contribution in [1.82, 2.24) is 15.1 Å². The fraction of sp³-hybridized carbons (Fsp3) is 0.600. The first-order valence-corrected chi connectivity index (χ1v) is 10.6. The number of rotatable bonds is 4. The van der Waals surface area contributed by atoms with E-state index < -0.39 is 0 Å². The van der Waals surface area contributed by atoms with Crippen LogP contribution in [0.3, 0.4) is 0 Å². The van der Waals surface area contributed by atoms with Crippen LogP contribution in [0.25, 0.3) is 0 Å². The first kappa shape index (κ1) is 19.1. The van der Waals surface area contributed by atoms with Gasteiger partial charge in [-0.3, -0.25) is 4.79 Å². The Hall–Kier alpha value is -1.69. The van der Waals surface area contributed by atoms with Gasteiger partial charge in [-0.05, 0) is 38.3 Å². The molecule has 2 heterocycles. The van der Waals surface area contributed by atoms with Crippen molar-refractivity contribution in [1.29, 1.82) is 0 Å². The van der Waals surface area contributed by atoms with Crippen LogP contribution in [0.4, 0.5) is 4.79 Å². The van der Waals surface area contributed by atoms with Gasteiger partial charge in [-0.1, -0.05) is 31.0 Å². The van der Waals surface area contributed by atoms with Crippen LogP contribution in [0.15, 0.2) is 24.3 Å². The zero-order valence-electron chi connectivity index (χ0n) is 15.8. The lowest BCUT2D eigenvalue weighted by molar-refractivity contribution is 0.0581. The summed E-state index contributed by atoms with van der Waals surface area (Å²) in [5, 5.41) is 3.00. The SMILES string of the molecule is CCCCNC(=O)N1CCC2(CC1)SCCN2C(=O)c1ccc(C)cc1. The van der Waals surface area contributed by atoms with E-state index in [1.807, 2.05) is 47.9 Å². The summed E-state index contributed by atoms with van der Waals surface area (Å²) >= 11 is 1.88. The molecule has 1 aromatic rings. The summed E-state index contributed by atoms with van der Waals surface area (Å²) in [5.74, 6) is 1.09. The maximum Gasteiger partial charge on any atom is 0.317 e. The molecule has 1 N–H and O–H groups in total. The molecule has 1 spiro atoms. The number of hydrogen-bond donors (Lipinski definition) is 1.